The van der Waals surface area contributed by atoms with Crippen molar-refractivity contribution in [3.63, 3.8) is 0 Å². The van der Waals surface area contributed by atoms with Gasteiger partial charge in [-0.1, -0.05) is 30.3 Å². The third kappa shape index (κ3) is 5.76. The molecule has 26 heavy (non-hydrogen) atoms. The fourth-order valence-electron chi connectivity index (χ4n) is 3.35. The summed E-state index contributed by atoms with van der Waals surface area (Å²) in [6.07, 6.45) is 2.15. The summed E-state index contributed by atoms with van der Waals surface area (Å²) in [6.45, 7) is 10.3. The highest BCUT2D eigenvalue weighted by Gasteiger charge is 2.22. The molecule has 4 nitrogen and oxygen atoms in total. The monoisotopic (exact) mass is 394 g/mol. The summed E-state index contributed by atoms with van der Waals surface area (Å²) in [4.78, 5) is 11.4. The Kier molecular flexibility index (Phi) is 8.51. The lowest BCUT2D eigenvalue weighted by Gasteiger charge is -2.29. The maximum Gasteiger partial charge on any atom is 0.107 e. The Morgan fingerprint density at radius 2 is 2.00 bits per heavy atom. The molecule has 0 spiro atoms. The number of halogens is 1. The number of nitrogens with two attached hydrogens (primary N) is 1. The fourth-order valence-corrected chi connectivity index (χ4v) is 4.54. The third-order valence-corrected chi connectivity index (χ3v) is 5.97. The average Bonchev–Trinajstić information content (AvgIpc) is 3.02. The van der Waals surface area contributed by atoms with Crippen molar-refractivity contribution >= 4 is 23.7 Å². The second-order valence-corrected chi connectivity index (χ2v) is 8.26. The third-order valence-electron chi connectivity index (χ3n) is 4.90. The molecule has 6 heteroatoms. The largest absolute Gasteiger partial charge is 0.329 e. The van der Waals surface area contributed by atoms with E-state index in [2.05, 4.69) is 54.0 Å². The topological polar surface area (TPSA) is 45.4 Å². The van der Waals surface area contributed by atoms with Gasteiger partial charge in [-0.25, -0.2) is 4.98 Å². The van der Waals surface area contributed by atoms with E-state index in [0.717, 1.165) is 45.6 Å². The smallest absolute Gasteiger partial charge is 0.107 e. The van der Waals surface area contributed by atoms with Crippen LogP contribution >= 0.6 is 23.7 Å². The highest BCUT2D eigenvalue weighted by molar-refractivity contribution is 7.11. The Balaban J connectivity index is 0.00000243. The van der Waals surface area contributed by atoms with Crippen LogP contribution in [0, 0.1) is 0 Å². The van der Waals surface area contributed by atoms with Crippen LogP contribution in [0.5, 0.6) is 0 Å². The molecule has 3 rings (SSSR count). The van der Waals surface area contributed by atoms with E-state index in [9.17, 15) is 0 Å². The molecule has 0 amide bonds. The molecule has 0 fully saturated rings. The maximum atomic E-state index is 5.84. The molecule has 1 aliphatic heterocycles. The zero-order valence-electron chi connectivity index (χ0n) is 15.9. The minimum Gasteiger partial charge on any atom is -0.329 e. The Labute approximate surface area is 167 Å². The van der Waals surface area contributed by atoms with Crippen LogP contribution in [0.4, 0.5) is 0 Å². The highest BCUT2D eigenvalue weighted by Crippen LogP contribution is 2.27. The van der Waals surface area contributed by atoms with Crippen LogP contribution < -0.4 is 5.73 Å². The quantitative estimate of drug-likeness (QED) is 0.745. The van der Waals surface area contributed by atoms with Gasteiger partial charge in [-0.2, -0.15) is 0 Å². The first kappa shape index (κ1) is 21.3. The zero-order valence-corrected chi connectivity index (χ0v) is 17.5. The molecule has 0 bridgehead atoms. The summed E-state index contributed by atoms with van der Waals surface area (Å²) in [5.74, 6) is 0. The van der Waals surface area contributed by atoms with Gasteiger partial charge in [-0.05, 0) is 25.8 Å². The lowest BCUT2D eigenvalue weighted by molar-refractivity contribution is 0.204. The molecule has 1 aromatic heterocycles. The van der Waals surface area contributed by atoms with Gasteiger partial charge in [0, 0.05) is 50.1 Å². The number of nitrogens with zero attached hydrogens (tertiary/aromatic N) is 3. The summed E-state index contributed by atoms with van der Waals surface area (Å²) in [5.41, 5.74) is 8.55. The standard InChI is InChI=1S/C20H30N4S.ClH/c1-16(2)24-12-9-18-19(14-24)25-20(22-18)15-23(13-10-21)11-8-17-6-4-3-5-7-17;/h3-7,16H,8-15,21H2,1-2H3;1H. The molecular weight excluding hydrogens is 364 g/mol. The summed E-state index contributed by atoms with van der Waals surface area (Å²) in [7, 11) is 0. The number of hydrogen-bond acceptors (Lipinski definition) is 5. The number of fused-ring (bicyclic) bond motifs is 1. The molecular formula is C20H31ClN4S. The van der Waals surface area contributed by atoms with Crippen molar-refractivity contribution in [3.05, 3.63) is 51.5 Å². The molecule has 2 heterocycles. The predicted octanol–water partition coefficient (Wildman–Crippen LogP) is 3.33. The fraction of sp³-hybridized carbons (Fsp3) is 0.550. The normalized spacial score (nSPS) is 14.5. The van der Waals surface area contributed by atoms with Gasteiger partial charge in [0.2, 0.25) is 0 Å². The lowest BCUT2D eigenvalue weighted by atomic mass is 10.1. The minimum absolute atomic E-state index is 0. The van der Waals surface area contributed by atoms with Crippen LogP contribution in [0.25, 0.3) is 0 Å². The Bertz CT molecular complexity index is 659. The van der Waals surface area contributed by atoms with Crippen molar-refractivity contribution in [1.29, 1.82) is 0 Å². The van der Waals surface area contributed by atoms with Gasteiger partial charge in [-0.15, -0.1) is 23.7 Å². The highest BCUT2D eigenvalue weighted by atomic mass is 35.5. The summed E-state index contributed by atoms with van der Waals surface area (Å²) in [6, 6.07) is 11.3. The van der Waals surface area contributed by atoms with Crippen molar-refractivity contribution in [2.75, 3.05) is 26.2 Å². The number of thiazole rings is 1. The second kappa shape index (κ2) is 10.4. The molecule has 0 saturated carbocycles. The predicted molar refractivity (Wildman–Crippen MR) is 113 cm³/mol. The number of hydrogen-bond donors (Lipinski definition) is 1. The lowest BCUT2D eigenvalue weighted by Crippen LogP contribution is -2.35. The number of benzene rings is 1. The summed E-state index contributed by atoms with van der Waals surface area (Å²) >= 11 is 1.90. The van der Waals surface area contributed by atoms with E-state index in [1.807, 2.05) is 11.3 Å². The molecule has 0 aliphatic carbocycles. The van der Waals surface area contributed by atoms with Crippen molar-refractivity contribution in [3.8, 4) is 0 Å². The molecule has 1 aromatic carbocycles. The minimum atomic E-state index is 0. The number of rotatable bonds is 8. The molecule has 1 aliphatic rings. The molecule has 0 unspecified atom stereocenters. The van der Waals surface area contributed by atoms with Crippen LogP contribution in [0.3, 0.4) is 0 Å². The van der Waals surface area contributed by atoms with Crippen LogP contribution in [-0.2, 0) is 25.9 Å². The Morgan fingerprint density at radius 1 is 1.23 bits per heavy atom. The molecule has 0 radical (unpaired) electrons. The van der Waals surface area contributed by atoms with E-state index in [0.29, 0.717) is 12.6 Å². The first-order valence-electron chi connectivity index (χ1n) is 9.33. The first-order chi connectivity index (χ1) is 12.2. The summed E-state index contributed by atoms with van der Waals surface area (Å²) < 4.78 is 0. The Morgan fingerprint density at radius 3 is 2.69 bits per heavy atom. The first-order valence-corrected chi connectivity index (χ1v) is 10.1. The van der Waals surface area contributed by atoms with Crippen molar-refractivity contribution in [2.45, 2.75) is 45.8 Å². The van der Waals surface area contributed by atoms with E-state index < -0.39 is 0 Å². The van der Waals surface area contributed by atoms with E-state index in [1.165, 1.54) is 21.1 Å². The second-order valence-electron chi connectivity index (χ2n) is 7.09. The van der Waals surface area contributed by atoms with Gasteiger partial charge >= 0.3 is 0 Å². The van der Waals surface area contributed by atoms with Gasteiger partial charge < -0.3 is 5.73 Å². The van der Waals surface area contributed by atoms with Gasteiger partial charge in [0.05, 0.1) is 12.2 Å². The molecule has 2 aromatic rings. The average molecular weight is 395 g/mol. The SMILES string of the molecule is CC(C)N1CCc2nc(CN(CCN)CCc3ccccc3)sc2C1.Cl. The van der Waals surface area contributed by atoms with Crippen LogP contribution in [-0.4, -0.2) is 47.0 Å². The van der Waals surface area contributed by atoms with Gasteiger partial charge in [0.25, 0.3) is 0 Å². The van der Waals surface area contributed by atoms with E-state index >= 15 is 0 Å². The number of aromatic nitrogens is 1. The van der Waals surface area contributed by atoms with Crippen LogP contribution in [0.2, 0.25) is 0 Å². The zero-order chi connectivity index (χ0) is 17.6. The molecule has 2 N–H and O–H groups in total. The van der Waals surface area contributed by atoms with Crippen molar-refractivity contribution in [2.24, 2.45) is 5.73 Å². The molecule has 0 saturated heterocycles. The van der Waals surface area contributed by atoms with Crippen LogP contribution in [0.1, 0.15) is 35.0 Å². The van der Waals surface area contributed by atoms with Gasteiger partial charge in [0.1, 0.15) is 5.01 Å². The van der Waals surface area contributed by atoms with Crippen molar-refractivity contribution in [1.82, 2.24) is 14.8 Å². The van der Waals surface area contributed by atoms with Gasteiger partial charge in [-0.3, -0.25) is 9.80 Å². The van der Waals surface area contributed by atoms with E-state index in [1.54, 1.807) is 0 Å². The van der Waals surface area contributed by atoms with E-state index in [-0.39, 0.29) is 12.4 Å². The Hall–Kier alpha value is -0.980. The molecule has 144 valence electrons. The van der Waals surface area contributed by atoms with Crippen LogP contribution in [0.15, 0.2) is 30.3 Å². The molecule has 0 atom stereocenters. The van der Waals surface area contributed by atoms with Crippen molar-refractivity contribution < 1.29 is 0 Å². The summed E-state index contributed by atoms with van der Waals surface area (Å²) in [5, 5.41) is 1.25. The van der Waals surface area contributed by atoms with Gasteiger partial charge in [0.15, 0.2) is 0 Å². The van der Waals surface area contributed by atoms with E-state index in [4.69, 9.17) is 10.7 Å². The maximum absolute atomic E-state index is 5.84.